The van der Waals surface area contributed by atoms with Crippen molar-refractivity contribution < 1.29 is 9.59 Å². The van der Waals surface area contributed by atoms with Crippen LogP contribution in [0.1, 0.15) is 51.0 Å². The Hall–Kier alpha value is -1.26. The van der Waals surface area contributed by atoms with Crippen LogP contribution >= 0.6 is 23.2 Å². The Kier molecular flexibility index (Phi) is 8.04. The maximum absolute atomic E-state index is 12.1. The molecule has 25 heavy (non-hydrogen) atoms. The van der Waals surface area contributed by atoms with E-state index in [4.69, 9.17) is 23.2 Å². The van der Waals surface area contributed by atoms with Crippen LogP contribution in [0.2, 0.25) is 10.0 Å². The molecule has 1 saturated carbocycles. The Labute approximate surface area is 159 Å². The first kappa shape index (κ1) is 20.1. The SMILES string of the molecule is CC(=O)N(CCC(=O)NC1CCCCC1)CCc1ccc(Cl)cc1Cl. The van der Waals surface area contributed by atoms with Gasteiger partial charge in [0, 0.05) is 42.5 Å². The van der Waals surface area contributed by atoms with Crippen molar-refractivity contribution in [1.82, 2.24) is 10.2 Å². The molecule has 0 spiro atoms. The first-order chi connectivity index (χ1) is 12.0. The Morgan fingerprint density at radius 3 is 2.52 bits per heavy atom. The number of nitrogens with zero attached hydrogens (tertiary/aromatic N) is 1. The van der Waals surface area contributed by atoms with Gasteiger partial charge in [-0.05, 0) is 37.0 Å². The van der Waals surface area contributed by atoms with E-state index in [2.05, 4.69) is 5.32 Å². The van der Waals surface area contributed by atoms with E-state index in [9.17, 15) is 9.59 Å². The molecule has 2 rings (SSSR count). The summed E-state index contributed by atoms with van der Waals surface area (Å²) < 4.78 is 0. The summed E-state index contributed by atoms with van der Waals surface area (Å²) in [4.78, 5) is 25.7. The molecule has 2 amide bonds. The lowest BCUT2D eigenvalue weighted by atomic mass is 9.95. The highest BCUT2D eigenvalue weighted by Gasteiger charge is 2.17. The summed E-state index contributed by atoms with van der Waals surface area (Å²) in [6, 6.07) is 5.67. The van der Waals surface area contributed by atoms with E-state index >= 15 is 0 Å². The highest BCUT2D eigenvalue weighted by molar-refractivity contribution is 6.35. The van der Waals surface area contributed by atoms with E-state index in [0.717, 1.165) is 18.4 Å². The van der Waals surface area contributed by atoms with Crippen LogP contribution in [-0.2, 0) is 16.0 Å². The van der Waals surface area contributed by atoms with Crippen LogP contribution in [0.5, 0.6) is 0 Å². The Bertz CT molecular complexity index is 601. The topological polar surface area (TPSA) is 49.4 Å². The lowest BCUT2D eigenvalue weighted by Gasteiger charge is -2.24. The van der Waals surface area contributed by atoms with Gasteiger partial charge < -0.3 is 10.2 Å². The number of benzene rings is 1. The van der Waals surface area contributed by atoms with Gasteiger partial charge in [-0.3, -0.25) is 9.59 Å². The maximum Gasteiger partial charge on any atom is 0.221 e. The standard InChI is InChI=1S/C19H26Cl2N2O2/c1-14(24)23(11-9-15-7-8-16(20)13-18(15)21)12-10-19(25)22-17-5-3-2-4-6-17/h7-8,13,17H,2-6,9-12H2,1H3,(H,22,25). The maximum atomic E-state index is 12.1. The third-order valence-electron chi connectivity index (χ3n) is 4.69. The lowest BCUT2D eigenvalue weighted by Crippen LogP contribution is -2.39. The van der Waals surface area contributed by atoms with Gasteiger partial charge in [0.2, 0.25) is 11.8 Å². The first-order valence-corrected chi connectivity index (χ1v) is 9.70. The van der Waals surface area contributed by atoms with E-state index < -0.39 is 0 Å². The number of hydrogen-bond acceptors (Lipinski definition) is 2. The van der Waals surface area contributed by atoms with Crippen LogP contribution in [0, 0.1) is 0 Å². The lowest BCUT2D eigenvalue weighted by molar-refractivity contribution is -0.129. The summed E-state index contributed by atoms with van der Waals surface area (Å²) in [5.74, 6) is -0.00164. The normalized spacial score (nSPS) is 15.0. The minimum atomic E-state index is -0.0319. The van der Waals surface area contributed by atoms with E-state index in [0.29, 0.717) is 42.0 Å². The largest absolute Gasteiger partial charge is 0.353 e. The summed E-state index contributed by atoms with van der Waals surface area (Å²) in [6.45, 7) is 2.50. The van der Waals surface area contributed by atoms with Crippen molar-refractivity contribution in [2.75, 3.05) is 13.1 Å². The van der Waals surface area contributed by atoms with Gasteiger partial charge in [-0.1, -0.05) is 48.5 Å². The number of amides is 2. The Morgan fingerprint density at radius 1 is 1.16 bits per heavy atom. The van der Waals surface area contributed by atoms with E-state index in [1.54, 1.807) is 17.0 Å². The monoisotopic (exact) mass is 384 g/mol. The van der Waals surface area contributed by atoms with E-state index in [1.165, 1.54) is 26.2 Å². The fourth-order valence-electron chi connectivity index (χ4n) is 3.19. The molecule has 1 aromatic rings. The number of carbonyl (C=O) groups is 2. The van der Waals surface area contributed by atoms with Crippen LogP contribution < -0.4 is 5.32 Å². The van der Waals surface area contributed by atoms with Crippen molar-refractivity contribution in [3.63, 3.8) is 0 Å². The van der Waals surface area contributed by atoms with Gasteiger partial charge in [0.1, 0.15) is 0 Å². The number of halogens is 2. The molecule has 4 nitrogen and oxygen atoms in total. The number of hydrogen-bond donors (Lipinski definition) is 1. The Morgan fingerprint density at radius 2 is 1.88 bits per heavy atom. The molecule has 0 aromatic heterocycles. The van der Waals surface area contributed by atoms with Gasteiger partial charge in [-0.2, -0.15) is 0 Å². The van der Waals surface area contributed by atoms with Gasteiger partial charge in [-0.15, -0.1) is 0 Å². The van der Waals surface area contributed by atoms with Crippen molar-refractivity contribution >= 4 is 35.0 Å². The fraction of sp³-hybridized carbons (Fsp3) is 0.579. The molecular formula is C19H26Cl2N2O2. The zero-order valence-electron chi connectivity index (χ0n) is 14.7. The molecule has 0 saturated heterocycles. The van der Waals surface area contributed by atoms with Gasteiger partial charge in [0.15, 0.2) is 0 Å². The summed E-state index contributed by atoms with van der Waals surface area (Å²) in [5.41, 5.74) is 0.948. The number of rotatable bonds is 7. The van der Waals surface area contributed by atoms with Gasteiger partial charge in [-0.25, -0.2) is 0 Å². The van der Waals surface area contributed by atoms with Crippen molar-refractivity contribution in [3.8, 4) is 0 Å². The predicted octanol–water partition coefficient (Wildman–Crippen LogP) is 4.22. The molecule has 1 aliphatic carbocycles. The molecule has 0 heterocycles. The molecule has 1 N–H and O–H groups in total. The van der Waals surface area contributed by atoms with Crippen molar-refractivity contribution in [1.29, 1.82) is 0 Å². The molecule has 0 bridgehead atoms. The zero-order valence-corrected chi connectivity index (χ0v) is 16.2. The quantitative estimate of drug-likeness (QED) is 0.764. The van der Waals surface area contributed by atoms with Crippen molar-refractivity contribution in [3.05, 3.63) is 33.8 Å². The Balaban J connectivity index is 1.79. The third-order valence-corrected chi connectivity index (χ3v) is 5.28. The smallest absolute Gasteiger partial charge is 0.221 e. The summed E-state index contributed by atoms with van der Waals surface area (Å²) in [6.07, 6.45) is 6.75. The molecule has 1 aliphatic rings. The second-order valence-electron chi connectivity index (χ2n) is 6.64. The molecule has 0 unspecified atom stereocenters. The molecular weight excluding hydrogens is 359 g/mol. The molecule has 138 valence electrons. The molecule has 1 fully saturated rings. The average molecular weight is 385 g/mol. The summed E-state index contributed by atoms with van der Waals surface area (Å²) in [7, 11) is 0. The summed E-state index contributed by atoms with van der Waals surface area (Å²) in [5, 5.41) is 4.29. The van der Waals surface area contributed by atoms with Gasteiger partial charge >= 0.3 is 0 Å². The van der Waals surface area contributed by atoms with Crippen LogP contribution in [0.25, 0.3) is 0 Å². The highest BCUT2D eigenvalue weighted by Crippen LogP contribution is 2.21. The molecule has 0 aliphatic heterocycles. The van der Waals surface area contributed by atoms with E-state index in [-0.39, 0.29) is 11.8 Å². The number of carbonyl (C=O) groups excluding carboxylic acids is 2. The third kappa shape index (κ3) is 6.87. The summed E-state index contributed by atoms with van der Waals surface area (Å²) >= 11 is 12.1. The highest BCUT2D eigenvalue weighted by atomic mass is 35.5. The molecule has 0 radical (unpaired) electrons. The van der Waals surface area contributed by atoms with Crippen LogP contribution in [-0.4, -0.2) is 35.8 Å². The second-order valence-corrected chi connectivity index (χ2v) is 7.49. The molecule has 6 heteroatoms. The van der Waals surface area contributed by atoms with Gasteiger partial charge in [0.05, 0.1) is 0 Å². The average Bonchev–Trinajstić information content (AvgIpc) is 2.57. The molecule has 0 atom stereocenters. The minimum absolute atomic E-state index is 0.0303. The van der Waals surface area contributed by atoms with Crippen molar-refractivity contribution in [2.45, 2.75) is 57.9 Å². The van der Waals surface area contributed by atoms with Crippen LogP contribution in [0.15, 0.2) is 18.2 Å². The molecule has 1 aromatic carbocycles. The minimum Gasteiger partial charge on any atom is -0.353 e. The predicted molar refractivity (Wildman–Crippen MR) is 102 cm³/mol. The first-order valence-electron chi connectivity index (χ1n) is 8.94. The fourth-order valence-corrected chi connectivity index (χ4v) is 3.69. The van der Waals surface area contributed by atoms with Crippen LogP contribution in [0.4, 0.5) is 0 Å². The van der Waals surface area contributed by atoms with Gasteiger partial charge in [0.25, 0.3) is 0 Å². The zero-order chi connectivity index (χ0) is 18.2. The van der Waals surface area contributed by atoms with Crippen LogP contribution in [0.3, 0.4) is 0 Å². The number of nitrogens with one attached hydrogen (secondary N) is 1. The van der Waals surface area contributed by atoms with E-state index in [1.807, 2.05) is 6.07 Å². The van der Waals surface area contributed by atoms with Crippen molar-refractivity contribution in [2.24, 2.45) is 0 Å². The second kappa shape index (κ2) is 10.0.